The summed E-state index contributed by atoms with van der Waals surface area (Å²) in [5.41, 5.74) is 6.03. The van der Waals surface area contributed by atoms with Gasteiger partial charge in [0.05, 0.1) is 6.61 Å². The van der Waals surface area contributed by atoms with Gasteiger partial charge in [0.25, 0.3) is 0 Å². The fourth-order valence-electron chi connectivity index (χ4n) is 6.18. The molecule has 2 heterocycles. The Morgan fingerprint density at radius 1 is 0.514 bits per heavy atom. The van der Waals surface area contributed by atoms with E-state index in [1.165, 1.54) is 155 Å². The molecule has 1 aromatic rings. The van der Waals surface area contributed by atoms with Gasteiger partial charge in [0.15, 0.2) is 0 Å². The molecule has 1 aromatic carbocycles. The minimum absolute atomic E-state index is 0.874. The predicted octanol–water partition coefficient (Wildman–Crippen LogP) is 10.2. The van der Waals surface area contributed by atoms with Crippen molar-refractivity contribution in [1.29, 1.82) is 0 Å². The van der Waals surface area contributed by atoms with Gasteiger partial charge in [-0.3, -0.25) is 9.80 Å². The second kappa shape index (κ2) is 17.9. The van der Waals surface area contributed by atoms with Gasteiger partial charge in [-0.15, -0.1) is 0 Å². The van der Waals surface area contributed by atoms with Crippen molar-refractivity contribution in [2.75, 3.05) is 19.7 Å². The Morgan fingerprint density at radius 2 is 0.892 bits per heavy atom. The van der Waals surface area contributed by atoms with Gasteiger partial charge in [0.2, 0.25) is 0 Å². The molecule has 0 saturated heterocycles. The third-order valence-electron chi connectivity index (χ3n) is 8.48. The molecule has 3 rings (SSSR count). The molecular formula is C33H57BrN2O. The van der Waals surface area contributed by atoms with Crippen molar-refractivity contribution in [2.45, 2.75) is 156 Å². The van der Waals surface area contributed by atoms with Gasteiger partial charge < -0.3 is 4.74 Å². The Morgan fingerprint density at radius 3 is 1.35 bits per heavy atom. The molecule has 2 aliphatic heterocycles. The highest BCUT2D eigenvalue weighted by molar-refractivity contribution is 9.10. The third kappa shape index (κ3) is 9.84. The van der Waals surface area contributed by atoms with Gasteiger partial charge in [-0.2, -0.15) is 0 Å². The lowest BCUT2D eigenvalue weighted by molar-refractivity contribution is 0.258. The van der Waals surface area contributed by atoms with E-state index in [2.05, 4.69) is 46.5 Å². The highest BCUT2D eigenvalue weighted by atomic mass is 79.9. The minimum Gasteiger partial charge on any atom is -0.493 e. The number of hydrogen-bond acceptors (Lipinski definition) is 3. The Balaban J connectivity index is 1.60. The summed E-state index contributed by atoms with van der Waals surface area (Å²) in [7, 11) is 0. The van der Waals surface area contributed by atoms with Crippen LogP contribution in [0.2, 0.25) is 0 Å². The fourth-order valence-corrected chi connectivity index (χ4v) is 6.90. The van der Waals surface area contributed by atoms with E-state index >= 15 is 0 Å². The van der Waals surface area contributed by atoms with Crippen LogP contribution < -0.4 is 4.74 Å². The lowest BCUT2D eigenvalue weighted by atomic mass is 10.00. The number of fused-ring (bicyclic) bond motifs is 2. The quantitative estimate of drug-likeness (QED) is 0.135. The van der Waals surface area contributed by atoms with Crippen molar-refractivity contribution in [2.24, 2.45) is 0 Å². The molecule has 0 amide bonds. The largest absolute Gasteiger partial charge is 0.493 e. The summed E-state index contributed by atoms with van der Waals surface area (Å²) in [6, 6.07) is 0. The Bertz CT molecular complexity index is 727. The summed E-state index contributed by atoms with van der Waals surface area (Å²) in [6.07, 6.45) is 22.9. The van der Waals surface area contributed by atoms with E-state index in [-0.39, 0.29) is 0 Å². The zero-order valence-corrected chi connectivity index (χ0v) is 26.2. The number of halogens is 1. The van der Waals surface area contributed by atoms with Crippen LogP contribution in [-0.2, 0) is 26.2 Å². The summed E-state index contributed by atoms with van der Waals surface area (Å²) < 4.78 is 8.08. The normalized spacial score (nSPS) is 15.5. The molecule has 0 fully saturated rings. The number of benzene rings is 1. The molecule has 37 heavy (non-hydrogen) atoms. The van der Waals surface area contributed by atoms with Crippen LogP contribution in [0.3, 0.4) is 0 Å². The summed E-state index contributed by atoms with van der Waals surface area (Å²) in [5.74, 6) is 1.26. The maximum Gasteiger partial charge on any atom is 0.129 e. The van der Waals surface area contributed by atoms with Crippen LogP contribution in [0.15, 0.2) is 4.47 Å². The highest BCUT2D eigenvalue weighted by Crippen LogP contribution is 2.45. The van der Waals surface area contributed by atoms with Crippen molar-refractivity contribution in [3.63, 3.8) is 0 Å². The molecule has 212 valence electrons. The first kappa shape index (κ1) is 31.0. The van der Waals surface area contributed by atoms with Crippen molar-refractivity contribution < 1.29 is 4.74 Å². The van der Waals surface area contributed by atoms with E-state index in [0.717, 1.165) is 32.8 Å². The van der Waals surface area contributed by atoms with E-state index < -0.39 is 0 Å². The van der Waals surface area contributed by atoms with Crippen molar-refractivity contribution >= 4 is 15.9 Å². The molecule has 0 spiro atoms. The maximum absolute atomic E-state index is 6.69. The molecule has 0 radical (unpaired) electrons. The molecule has 4 heteroatoms. The van der Waals surface area contributed by atoms with Gasteiger partial charge in [-0.25, -0.2) is 0 Å². The average molecular weight is 578 g/mol. The first-order chi connectivity index (χ1) is 18.2. The number of rotatable bonds is 21. The zero-order valence-electron chi connectivity index (χ0n) is 24.7. The molecule has 2 aliphatic rings. The van der Waals surface area contributed by atoms with Gasteiger partial charge in [0, 0.05) is 41.8 Å². The van der Waals surface area contributed by atoms with Crippen LogP contribution in [0.25, 0.3) is 0 Å². The summed E-state index contributed by atoms with van der Waals surface area (Å²) >= 11 is 4.09. The van der Waals surface area contributed by atoms with Crippen LogP contribution in [0.1, 0.15) is 152 Å². The van der Waals surface area contributed by atoms with Gasteiger partial charge >= 0.3 is 0 Å². The number of hydrogen-bond donors (Lipinski definition) is 0. The van der Waals surface area contributed by atoms with E-state index in [1.54, 1.807) is 0 Å². The molecule has 0 aliphatic carbocycles. The molecule has 3 nitrogen and oxygen atoms in total. The molecule has 0 aromatic heterocycles. The summed E-state index contributed by atoms with van der Waals surface area (Å²) in [5, 5.41) is 0. The van der Waals surface area contributed by atoms with E-state index in [0.29, 0.717) is 0 Å². The van der Waals surface area contributed by atoms with Gasteiger partial charge in [-0.05, 0) is 43.5 Å². The smallest absolute Gasteiger partial charge is 0.129 e. The Kier molecular flexibility index (Phi) is 15.0. The molecule has 0 bridgehead atoms. The molecule has 0 N–H and O–H groups in total. The summed E-state index contributed by atoms with van der Waals surface area (Å²) in [6.45, 7) is 14.5. The predicted molar refractivity (Wildman–Crippen MR) is 163 cm³/mol. The molecular weight excluding hydrogens is 520 g/mol. The lowest BCUT2D eigenvalue weighted by Gasteiger charge is -2.18. The van der Waals surface area contributed by atoms with Gasteiger partial charge in [0.1, 0.15) is 5.75 Å². The second-order valence-corrected chi connectivity index (χ2v) is 12.6. The monoisotopic (exact) mass is 576 g/mol. The van der Waals surface area contributed by atoms with Crippen LogP contribution in [0, 0.1) is 0 Å². The molecule has 0 saturated carbocycles. The Hall–Kier alpha value is -0.580. The SMILES string of the molecule is CCCCCCCCN1Cc2c(Br)c3c(c(OCCCCCCC)c2C1)CN(CCCCCCCC)C3. The third-order valence-corrected chi connectivity index (χ3v) is 9.44. The van der Waals surface area contributed by atoms with Gasteiger partial charge in [-0.1, -0.05) is 127 Å². The molecule has 0 unspecified atom stereocenters. The van der Waals surface area contributed by atoms with E-state index in [4.69, 9.17) is 4.74 Å². The van der Waals surface area contributed by atoms with Crippen LogP contribution >= 0.6 is 15.9 Å². The summed E-state index contributed by atoms with van der Waals surface area (Å²) in [4.78, 5) is 5.35. The van der Waals surface area contributed by atoms with Crippen LogP contribution in [0.4, 0.5) is 0 Å². The number of nitrogens with zero attached hydrogens (tertiary/aromatic N) is 2. The first-order valence-corrected chi connectivity index (χ1v) is 16.9. The van der Waals surface area contributed by atoms with E-state index in [9.17, 15) is 0 Å². The number of unbranched alkanes of at least 4 members (excludes halogenated alkanes) is 14. The second-order valence-electron chi connectivity index (χ2n) is 11.8. The maximum atomic E-state index is 6.69. The van der Waals surface area contributed by atoms with E-state index in [1.807, 2.05) is 0 Å². The lowest BCUT2D eigenvalue weighted by Crippen LogP contribution is -2.18. The van der Waals surface area contributed by atoms with Crippen molar-refractivity contribution in [3.8, 4) is 5.75 Å². The number of ether oxygens (including phenoxy) is 1. The zero-order chi connectivity index (χ0) is 26.3. The first-order valence-electron chi connectivity index (χ1n) is 16.1. The topological polar surface area (TPSA) is 15.7 Å². The molecule has 0 atom stereocenters. The van der Waals surface area contributed by atoms with Crippen LogP contribution in [0.5, 0.6) is 5.75 Å². The van der Waals surface area contributed by atoms with Crippen molar-refractivity contribution in [1.82, 2.24) is 9.80 Å². The average Bonchev–Trinajstić information content (AvgIpc) is 3.52. The Labute approximate surface area is 238 Å². The fraction of sp³-hybridized carbons (Fsp3) is 0.818. The highest BCUT2D eigenvalue weighted by Gasteiger charge is 2.33. The standard InChI is InChI=1S/C33H57BrN2O/c1-4-7-10-13-15-18-21-35-24-28-30(26-35)33(37-23-20-17-12-9-6-3)31-27-36(25-29(31)32(28)34)22-19-16-14-11-8-5-2/h4-27H2,1-3H3. The van der Waals surface area contributed by atoms with Crippen molar-refractivity contribution in [3.05, 3.63) is 26.7 Å². The van der Waals surface area contributed by atoms with Crippen LogP contribution in [-0.4, -0.2) is 29.5 Å². The minimum atomic E-state index is 0.874.